The summed E-state index contributed by atoms with van der Waals surface area (Å²) in [4.78, 5) is 28.8. The number of rotatable bonds is 6. The maximum absolute atomic E-state index is 12.3. The van der Waals surface area contributed by atoms with E-state index in [1.807, 2.05) is 13.8 Å². The molecule has 1 amide bonds. The number of aromatic nitrogens is 3. The standard InChI is InChI=1S/C15H23N5O2.ClH/c1-4-15(16,5-2)9-17-13(21)8-11-10(3)19-12-6-7-18-20(12)14(11)22;/h6-7,18H,4-5,8-9,16H2,1-3H3,(H,17,21);1H. The zero-order valence-corrected chi connectivity index (χ0v) is 14.5. The Hall–Kier alpha value is -1.86. The van der Waals surface area contributed by atoms with Crippen molar-refractivity contribution in [3.05, 3.63) is 33.9 Å². The maximum Gasteiger partial charge on any atom is 0.276 e. The minimum atomic E-state index is -0.401. The molecule has 2 rings (SSSR count). The Morgan fingerprint density at radius 1 is 1.43 bits per heavy atom. The Balaban J connectivity index is 0.00000264. The number of nitrogens with two attached hydrogens (primary N) is 1. The van der Waals surface area contributed by atoms with Gasteiger partial charge in [-0.2, -0.15) is 0 Å². The molecule has 7 nitrogen and oxygen atoms in total. The van der Waals surface area contributed by atoms with Gasteiger partial charge in [0, 0.05) is 35.6 Å². The highest BCUT2D eigenvalue weighted by Crippen LogP contribution is 2.09. The average Bonchev–Trinajstić information content (AvgIpc) is 2.97. The molecule has 2 aromatic rings. The van der Waals surface area contributed by atoms with Gasteiger partial charge in [-0.15, -0.1) is 12.4 Å². The van der Waals surface area contributed by atoms with E-state index in [0.29, 0.717) is 23.4 Å². The first-order valence-electron chi connectivity index (χ1n) is 7.51. The number of aryl methyl sites for hydroxylation is 1. The highest BCUT2D eigenvalue weighted by atomic mass is 35.5. The average molecular weight is 342 g/mol. The van der Waals surface area contributed by atoms with Crippen molar-refractivity contribution in [2.75, 3.05) is 6.54 Å². The number of amides is 1. The van der Waals surface area contributed by atoms with Crippen LogP contribution in [-0.4, -0.2) is 32.6 Å². The Labute approximate surface area is 141 Å². The van der Waals surface area contributed by atoms with Crippen molar-refractivity contribution in [1.29, 1.82) is 0 Å². The Morgan fingerprint density at radius 2 is 2.09 bits per heavy atom. The van der Waals surface area contributed by atoms with Crippen LogP contribution in [0.2, 0.25) is 0 Å². The lowest BCUT2D eigenvalue weighted by molar-refractivity contribution is -0.120. The van der Waals surface area contributed by atoms with Crippen LogP contribution in [0.3, 0.4) is 0 Å². The number of nitrogens with zero attached hydrogens (tertiary/aromatic N) is 2. The van der Waals surface area contributed by atoms with E-state index in [9.17, 15) is 9.59 Å². The molecule has 0 aliphatic carbocycles. The van der Waals surface area contributed by atoms with Crippen LogP contribution in [0.25, 0.3) is 5.65 Å². The molecule has 0 atom stereocenters. The highest BCUT2D eigenvalue weighted by molar-refractivity contribution is 5.85. The zero-order valence-electron chi connectivity index (χ0n) is 13.7. The third-order valence-corrected chi connectivity index (χ3v) is 4.23. The first kappa shape index (κ1) is 19.2. The summed E-state index contributed by atoms with van der Waals surface area (Å²) in [6.45, 7) is 6.13. The first-order chi connectivity index (χ1) is 10.4. The molecule has 0 spiro atoms. The van der Waals surface area contributed by atoms with Gasteiger partial charge < -0.3 is 11.1 Å². The molecule has 23 heavy (non-hydrogen) atoms. The third-order valence-electron chi connectivity index (χ3n) is 4.23. The number of nitrogens with one attached hydrogen (secondary N) is 2. The minimum Gasteiger partial charge on any atom is -0.354 e. The van der Waals surface area contributed by atoms with Crippen LogP contribution in [0, 0.1) is 6.92 Å². The van der Waals surface area contributed by atoms with Gasteiger partial charge in [-0.25, -0.2) is 9.50 Å². The van der Waals surface area contributed by atoms with Gasteiger partial charge >= 0.3 is 0 Å². The SMILES string of the molecule is CCC(N)(CC)CNC(=O)Cc1c(C)nc2cc[nH]n2c1=O.Cl. The predicted molar refractivity (Wildman–Crippen MR) is 92.0 cm³/mol. The maximum atomic E-state index is 12.3. The molecule has 4 N–H and O–H groups in total. The Bertz CT molecular complexity index is 733. The molecule has 0 radical (unpaired) electrons. The van der Waals surface area contributed by atoms with Gasteiger partial charge in [0.2, 0.25) is 5.91 Å². The van der Waals surface area contributed by atoms with Gasteiger partial charge in [-0.1, -0.05) is 13.8 Å². The van der Waals surface area contributed by atoms with Crippen molar-refractivity contribution in [2.45, 2.75) is 45.6 Å². The van der Waals surface area contributed by atoms with Crippen molar-refractivity contribution < 1.29 is 4.79 Å². The van der Waals surface area contributed by atoms with E-state index in [-0.39, 0.29) is 30.3 Å². The monoisotopic (exact) mass is 341 g/mol. The topological polar surface area (TPSA) is 105 Å². The second kappa shape index (κ2) is 7.61. The Morgan fingerprint density at radius 3 is 2.70 bits per heavy atom. The second-order valence-electron chi connectivity index (χ2n) is 5.66. The van der Waals surface area contributed by atoms with Crippen molar-refractivity contribution >= 4 is 24.0 Å². The van der Waals surface area contributed by atoms with Crippen LogP contribution < -0.4 is 16.6 Å². The van der Waals surface area contributed by atoms with E-state index < -0.39 is 5.54 Å². The zero-order chi connectivity index (χ0) is 16.3. The van der Waals surface area contributed by atoms with Crippen molar-refractivity contribution in [3.63, 3.8) is 0 Å². The van der Waals surface area contributed by atoms with Gasteiger partial charge in [0.15, 0.2) is 5.65 Å². The molecule has 0 aliphatic rings. The van der Waals surface area contributed by atoms with Gasteiger partial charge in [-0.05, 0) is 19.8 Å². The van der Waals surface area contributed by atoms with Crippen molar-refractivity contribution in [1.82, 2.24) is 19.9 Å². The van der Waals surface area contributed by atoms with Crippen molar-refractivity contribution in [2.24, 2.45) is 5.73 Å². The lowest BCUT2D eigenvalue weighted by atomic mass is 9.94. The molecule has 0 saturated carbocycles. The van der Waals surface area contributed by atoms with E-state index in [1.165, 1.54) is 4.52 Å². The third kappa shape index (κ3) is 4.11. The second-order valence-corrected chi connectivity index (χ2v) is 5.66. The molecule has 0 fully saturated rings. The smallest absolute Gasteiger partial charge is 0.276 e. The fourth-order valence-corrected chi connectivity index (χ4v) is 2.31. The summed E-state index contributed by atoms with van der Waals surface area (Å²) in [5.41, 5.74) is 7.03. The summed E-state index contributed by atoms with van der Waals surface area (Å²) in [6.07, 6.45) is 3.20. The molecule has 0 bridgehead atoms. The number of halogens is 1. The first-order valence-corrected chi connectivity index (χ1v) is 7.51. The molecular formula is C15H24ClN5O2. The highest BCUT2D eigenvalue weighted by Gasteiger charge is 2.21. The van der Waals surface area contributed by atoms with Gasteiger partial charge in [0.1, 0.15) is 0 Å². The molecule has 0 aromatic carbocycles. The number of hydrogen-bond acceptors (Lipinski definition) is 4. The molecule has 0 unspecified atom stereocenters. The fraction of sp³-hybridized carbons (Fsp3) is 0.533. The molecule has 2 heterocycles. The fourth-order valence-electron chi connectivity index (χ4n) is 2.31. The van der Waals surface area contributed by atoms with Crippen LogP contribution in [0.4, 0.5) is 0 Å². The number of aromatic amines is 1. The van der Waals surface area contributed by atoms with Gasteiger partial charge in [0.05, 0.1) is 6.42 Å². The van der Waals surface area contributed by atoms with Crippen molar-refractivity contribution in [3.8, 4) is 0 Å². The lowest BCUT2D eigenvalue weighted by Crippen LogP contribution is -2.49. The Kier molecular flexibility index (Phi) is 6.35. The van der Waals surface area contributed by atoms with E-state index in [0.717, 1.165) is 12.8 Å². The van der Waals surface area contributed by atoms with Crippen LogP contribution in [-0.2, 0) is 11.2 Å². The van der Waals surface area contributed by atoms with E-state index in [2.05, 4.69) is 15.4 Å². The summed E-state index contributed by atoms with van der Waals surface area (Å²) >= 11 is 0. The molecule has 128 valence electrons. The lowest BCUT2D eigenvalue weighted by Gasteiger charge is -2.26. The van der Waals surface area contributed by atoms with Crippen LogP contribution in [0.1, 0.15) is 37.9 Å². The summed E-state index contributed by atoms with van der Waals surface area (Å²) < 4.78 is 1.33. The van der Waals surface area contributed by atoms with Crippen LogP contribution >= 0.6 is 12.4 Å². The predicted octanol–water partition coefficient (Wildman–Crippen LogP) is 0.929. The van der Waals surface area contributed by atoms with E-state index in [4.69, 9.17) is 5.73 Å². The molecule has 0 aliphatic heterocycles. The number of hydrogen-bond donors (Lipinski definition) is 3. The van der Waals surface area contributed by atoms with E-state index >= 15 is 0 Å². The van der Waals surface area contributed by atoms with Crippen LogP contribution in [0.15, 0.2) is 17.1 Å². The quantitative estimate of drug-likeness (QED) is 0.726. The number of carbonyl (C=O) groups is 1. The number of H-pyrrole nitrogens is 1. The summed E-state index contributed by atoms with van der Waals surface area (Å²) in [5, 5.41) is 5.61. The number of carbonyl (C=O) groups excluding carboxylic acids is 1. The van der Waals surface area contributed by atoms with Crippen LogP contribution in [0.5, 0.6) is 0 Å². The number of fused-ring (bicyclic) bond motifs is 1. The molecule has 2 aromatic heterocycles. The minimum absolute atomic E-state index is 0. The summed E-state index contributed by atoms with van der Waals surface area (Å²) in [5.74, 6) is -0.217. The van der Waals surface area contributed by atoms with E-state index in [1.54, 1.807) is 19.2 Å². The van der Waals surface area contributed by atoms with Gasteiger partial charge in [0.25, 0.3) is 5.56 Å². The molecular weight excluding hydrogens is 318 g/mol. The normalized spacial score (nSPS) is 11.3. The summed E-state index contributed by atoms with van der Waals surface area (Å²) in [7, 11) is 0. The largest absolute Gasteiger partial charge is 0.354 e. The molecule has 0 saturated heterocycles. The molecule has 8 heteroatoms. The summed E-state index contributed by atoms with van der Waals surface area (Å²) in [6, 6.07) is 1.71. The van der Waals surface area contributed by atoms with Gasteiger partial charge in [-0.3, -0.25) is 14.7 Å².